The predicted molar refractivity (Wildman–Crippen MR) is 137 cm³/mol. The molecule has 0 bridgehead atoms. The van der Waals surface area contributed by atoms with Crippen LogP contribution in [-0.2, 0) is 22.6 Å². The van der Waals surface area contributed by atoms with Gasteiger partial charge in [0.05, 0.1) is 11.8 Å². The van der Waals surface area contributed by atoms with Gasteiger partial charge < -0.3 is 14.7 Å². The standard InChI is InChI=1S/C28H32N6O3/c29-19-30-28(33-14-10-21-8-4-5-9-22(21)17-33)34-15-12-24(25(18-34)26(35)31-37)27(36)32-13-11-23(16-32)20-6-2-1-3-7-20/h1-9,23-25,37H,10-18H2,(H,31,35)/t23-,24?,25?/m0/s1. The first-order valence-electron chi connectivity index (χ1n) is 12.9. The van der Waals surface area contributed by atoms with E-state index < -0.39 is 17.7 Å². The number of carbonyl (C=O) groups excluding carboxylic acids is 2. The number of aliphatic imine (C=N–C) groups is 1. The summed E-state index contributed by atoms with van der Waals surface area (Å²) in [5, 5.41) is 18.9. The molecule has 0 saturated carbocycles. The van der Waals surface area contributed by atoms with E-state index in [-0.39, 0.29) is 18.4 Å². The second-order valence-electron chi connectivity index (χ2n) is 10.1. The Labute approximate surface area is 216 Å². The molecule has 192 valence electrons. The molecule has 2 unspecified atom stereocenters. The van der Waals surface area contributed by atoms with Gasteiger partial charge in [0.2, 0.25) is 24.0 Å². The average molecular weight is 501 g/mol. The van der Waals surface area contributed by atoms with Crippen LogP contribution in [0.1, 0.15) is 35.4 Å². The molecule has 2 aromatic carbocycles. The number of fused-ring (bicyclic) bond motifs is 1. The second-order valence-corrected chi connectivity index (χ2v) is 10.1. The highest BCUT2D eigenvalue weighted by molar-refractivity contribution is 5.89. The van der Waals surface area contributed by atoms with Crippen LogP contribution in [0.25, 0.3) is 0 Å². The lowest BCUT2D eigenvalue weighted by molar-refractivity contribution is -0.147. The number of hydrogen-bond donors (Lipinski definition) is 2. The molecule has 2 fully saturated rings. The van der Waals surface area contributed by atoms with Crippen molar-refractivity contribution in [2.75, 3.05) is 32.7 Å². The molecule has 3 atom stereocenters. The number of nitrogens with one attached hydrogen (secondary N) is 1. The Balaban J connectivity index is 1.30. The van der Waals surface area contributed by atoms with Crippen LogP contribution in [-0.4, -0.2) is 70.4 Å². The van der Waals surface area contributed by atoms with Crippen LogP contribution in [0, 0.1) is 23.3 Å². The summed E-state index contributed by atoms with van der Waals surface area (Å²) in [4.78, 5) is 36.4. The summed E-state index contributed by atoms with van der Waals surface area (Å²) in [6.45, 7) is 3.33. The Morgan fingerprint density at radius 1 is 0.892 bits per heavy atom. The van der Waals surface area contributed by atoms with Gasteiger partial charge in [0.15, 0.2) is 0 Å². The van der Waals surface area contributed by atoms with Gasteiger partial charge in [-0.1, -0.05) is 54.6 Å². The number of likely N-dealkylation sites (tertiary alicyclic amines) is 2. The van der Waals surface area contributed by atoms with Crippen molar-refractivity contribution >= 4 is 17.8 Å². The number of nitriles is 1. The highest BCUT2D eigenvalue weighted by Gasteiger charge is 2.43. The third-order valence-electron chi connectivity index (χ3n) is 7.99. The van der Waals surface area contributed by atoms with Crippen LogP contribution in [0.15, 0.2) is 59.6 Å². The van der Waals surface area contributed by atoms with E-state index in [2.05, 4.69) is 34.2 Å². The maximum Gasteiger partial charge on any atom is 0.249 e. The van der Waals surface area contributed by atoms with Gasteiger partial charge in [-0.2, -0.15) is 5.26 Å². The Bertz CT molecular complexity index is 1210. The van der Waals surface area contributed by atoms with Crippen molar-refractivity contribution in [3.63, 3.8) is 0 Å². The molecule has 37 heavy (non-hydrogen) atoms. The number of benzene rings is 2. The molecule has 2 saturated heterocycles. The lowest BCUT2D eigenvalue weighted by Crippen LogP contribution is -2.56. The molecule has 9 nitrogen and oxygen atoms in total. The Morgan fingerprint density at radius 2 is 1.62 bits per heavy atom. The Kier molecular flexibility index (Phi) is 7.37. The van der Waals surface area contributed by atoms with Crippen LogP contribution in [0.5, 0.6) is 0 Å². The summed E-state index contributed by atoms with van der Waals surface area (Å²) in [6.07, 6.45) is 4.10. The first-order chi connectivity index (χ1) is 18.1. The van der Waals surface area contributed by atoms with Crippen molar-refractivity contribution in [3.05, 3.63) is 71.3 Å². The first kappa shape index (κ1) is 24.8. The van der Waals surface area contributed by atoms with Gasteiger partial charge >= 0.3 is 0 Å². The average Bonchev–Trinajstić information content (AvgIpc) is 3.45. The monoisotopic (exact) mass is 500 g/mol. The molecule has 2 N–H and O–H groups in total. The number of guanidine groups is 1. The molecule has 3 aliphatic heterocycles. The van der Waals surface area contributed by atoms with Crippen molar-refractivity contribution in [2.45, 2.75) is 31.7 Å². The van der Waals surface area contributed by atoms with Gasteiger partial charge in [0.1, 0.15) is 0 Å². The molecule has 2 aromatic rings. The number of piperidine rings is 1. The van der Waals surface area contributed by atoms with Crippen molar-refractivity contribution < 1.29 is 14.8 Å². The fourth-order valence-electron chi connectivity index (χ4n) is 6.02. The van der Waals surface area contributed by atoms with E-state index in [1.165, 1.54) is 16.7 Å². The molecular formula is C28H32N6O3. The summed E-state index contributed by atoms with van der Waals surface area (Å²) in [5.41, 5.74) is 5.47. The van der Waals surface area contributed by atoms with Gasteiger partial charge in [0, 0.05) is 45.2 Å². The third-order valence-corrected chi connectivity index (χ3v) is 7.99. The maximum absolute atomic E-state index is 13.6. The van der Waals surface area contributed by atoms with Crippen LogP contribution in [0.4, 0.5) is 0 Å². The van der Waals surface area contributed by atoms with E-state index in [9.17, 15) is 20.1 Å². The molecule has 3 aliphatic rings. The number of rotatable bonds is 3. The summed E-state index contributed by atoms with van der Waals surface area (Å²) in [7, 11) is 0. The van der Waals surface area contributed by atoms with Crippen molar-refractivity contribution in [1.82, 2.24) is 20.2 Å². The van der Waals surface area contributed by atoms with E-state index in [1.54, 1.807) is 5.48 Å². The van der Waals surface area contributed by atoms with Gasteiger partial charge in [-0.3, -0.25) is 14.8 Å². The summed E-state index contributed by atoms with van der Waals surface area (Å²) in [6, 6.07) is 18.4. The normalized spacial score (nSPS) is 23.8. The molecule has 3 heterocycles. The van der Waals surface area contributed by atoms with Gasteiger partial charge in [-0.15, -0.1) is 4.99 Å². The number of carbonyl (C=O) groups is 2. The zero-order valence-electron chi connectivity index (χ0n) is 20.8. The second kappa shape index (κ2) is 11.0. The summed E-state index contributed by atoms with van der Waals surface area (Å²) < 4.78 is 0. The Hall–Kier alpha value is -3.90. The third kappa shape index (κ3) is 5.16. The predicted octanol–water partition coefficient (Wildman–Crippen LogP) is 2.34. The molecule has 0 aliphatic carbocycles. The summed E-state index contributed by atoms with van der Waals surface area (Å²) >= 11 is 0. The largest absolute Gasteiger partial charge is 0.342 e. The summed E-state index contributed by atoms with van der Waals surface area (Å²) in [5.74, 6) is -1.11. The van der Waals surface area contributed by atoms with E-state index in [1.807, 2.05) is 46.3 Å². The minimum absolute atomic E-state index is 0.0441. The fourth-order valence-corrected chi connectivity index (χ4v) is 6.02. The minimum atomic E-state index is -0.747. The minimum Gasteiger partial charge on any atom is -0.342 e. The lowest BCUT2D eigenvalue weighted by Gasteiger charge is -2.42. The molecule has 0 spiro atoms. The van der Waals surface area contributed by atoms with E-state index in [4.69, 9.17) is 0 Å². The van der Waals surface area contributed by atoms with E-state index in [0.717, 1.165) is 12.8 Å². The lowest BCUT2D eigenvalue weighted by atomic mass is 9.83. The van der Waals surface area contributed by atoms with Crippen molar-refractivity contribution in [3.8, 4) is 6.19 Å². The Morgan fingerprint density at radius 3 is 2.38 bits per heavy atom. The van der Waals surface area contributed by atoms with E-state index >= 15 is 0 Å². The molecule has 9 heteroatoms. The van der Waals surface area contributed by atoms with Gasteiger partial charge in [-0.25, -0.2) is 5.48 Å². The van der Waals surface area contributed by atoms with Crippen LogP contribution in [0.2, 0.25) is 0 Å². The van der Waals surface area contributed by atoms with Crippen molar-refractivity contribution in [2.24, 2.45) is 16.8 Å². The number of hydroxylamine groups is 1. The smallest absolute Gasteiger partial charge is 0.249 e. The molecule has 0 aromatic heterocycles. The van der Waals surface area contributed by atoms with Crippen LogP contribution in [0.3, 0.4) is 0 Å². The zero-order chi connectivity index (χ0) is 25.8. The molecule has 2 amide bonds. The fraction of sp³-hybridized carbons (Fsp3) is 0.429. The highest BCUT2D eigenvalue weighted by atomic mass is 16.5. The zero-order valence-corrected chi connectivity index (χ0v) is 20.8. The topological polar surface area (TPSA) is 112 Å². The first-order valence-corrected chi connectivity index (χ1v) is 12.9. The maximum atomic E-state index is 13.6. The van der Waals surface area contributed by atoms with E-state index in [0.29, 0.717) is 45.1 Å². The number of amides is 2. The molecular weight excluding hydrogens is 468 g/mol. The highest BCUT2D eigenvalue weighted by Crippen LogP contribution is 2.32. The number of nitrogens with zero attached hydrogens (tertiary/aromatic N) is 5. The number of hydrogen-bond acceptors (Lipinski definition) is 5. The van der Waals surface area contributed by atoms with Crippen molar-refractivity contribution in [1.29, 1.82) is 5.26 Å². The molecule has 5 rings (SSSR count). The van der Waals surface area contributed by atoms with Crippen LogP contribution >= 0.6 is 0 Å². The molecule has 0 radical (unpaired) electrons. The SMILES string of the molecule is N#CN=C(N1CCc2ccccc2C1)N1CCC(C(=O)N2CC[C@H](c3ccccc3)C2)C(C(=O)NO)C1. The van der Waals surface area contributed by atoms with Crippen LogP contribution < -0.4 is 5.48 Å². The van der Waals surface area contributed by atoms with Gasteiger partial charge in [-0.05, 0) is 36.0 Å². The quantitative estimate of drug-likeness (QED) is 0.220. The van der Waals surface area contributed by atoms with Gasteiger partial charge in [0.25, 0.3) is 0 Å².